The second kappa shape index (κ2) is 11.8. The molecule has 0 radical (unpaired) electrons. The van der Waals surface area contributed by atoms with Gasteiger partial charge in [-0.15, -0.1) is 0 Å². The number of methoxy groups -OCH3 is 1. The lowest BCUT2D eigenvalue weighted by Crippen LogP contribution is -2.38. The molecule has 1 saturated heterocycles. The predicted molar refractivity (Wildman–Crippen MR) is 143 cm³/mol. The summed E-state index contributed by atoms with van der Waals surface area (Å²) in [5.41, 5.74) is 2.00. The molecule has 36 heavy (non-hydrogen) atoms. The molecule has 1 aliphatic heterocycles. The Kier molecular flexibility index (Phi) is 8.53. The van der Waals surface area contributed by atoms with Crippen LogP contribution in [0.1, 0.15) is 46.1 Å². The Hall–Kier alpha value is -3.04. The summed E-state index contributed by atoms with van der Waals surface area (Å²) >= 11 is 1.61. The first-order valence-electron chi connectivity index (χ1n) is 12.4. The van der Waals surface area contributed by atoms with E-state index in [-0.39, 0.29) is 12.2 Å². The van der Waals surface area contributed by atoms with Crippen molar-refractivity contribution in [1.82, 2.24) is 9.88 Å². The van der Waals surface area contributed by atoms with Gasteiger partial charge in [0.1, 0.15) is 17.2 Å². The van der Waals surface area contributed by atoms with Crippen LogP contribution in [0, 0.1) is 0 Å². The molecule has 2 aromatic carbocycles. The molecule has 4 rings (SSSR count). The van der Waals surface area contributed by atoms with Crippen LogP contribution in [0.5, 0.6) is 17.2 Å². The highest BCUT2D eigenvalue weighted by Gasteiger charge is 2.21. The smallest absolute Gasteiger partial charge is 0.491 e. The van der Waals surface area contributed by atoms with Crippen molar-refractivity contribution in [3.8, 4) is 17.2 Å². The monoisotopic (exact) mass is 513 g/mol. The number of nitrogens with one attached hydrogen (secondary N) is 1. The Morgan fingerprint density at radius 2 is 1.69 bits per heavy atom. The molecule has 1 aliphatic rings. The van der Waals surface area contributed by atoms with E-state index < -0.39 is 6.16 Å². The Balaban J connectivity index is 1.34. The predicted octanol–water partition coefficient (Wildman–Crippen LogP) is 6.09. The van der Waals surface area contributed by atoms with Crippen molar-refractivity contribution in [2.45, 2.75) is 65.3 Å². The van der Waals surface area contributed by atoms with Gasteiger partial charge in [0.25, 0.3) is 0 Å². The molecule has 0 atom stereocenters. The molecule has 1 fully saturated rings. The highest BCUT2D eigenvalue weighted by molar-refractivity contribution is 7.22. The van der Waals surface area contributed by atoms with Gasteiger partial charge >= 0.3 is 6.16 Å². The van der Waals surface area contributed by atoms with Crippen molar-refractivity contribution >= 4 is 32.8 Å². The van der Waals surface area contributed by atoms with E-state index in [4.69, 9.17) is 14.2 Å². The number of hydrogen-bond donors (Lipinski definition) is 1. The summed E-state index contributed by atoms with van der Waals surface area (Å²) in [6.07, 6.45) is 1.55. The zero-order chi connectivity index (χ0) is 25.7. The van der Waals surface area contributed by atoms with Gasteiger partial charge in [-0.05, 0) is 70.4 Å². The van der Waals surface area contributed by atoms with Crippen LogP contribution >= 0.6 is 11.3 Å². The lowest BCUT2D eigenvalue weighted by atomic mass is 10.0. The molecule has 0 unspecified atom stereocenters. The fraction of sp³-hybridized carbons (Fsp3) is 0.481. The summed E-state index contributed by atoms with van der Waals surface area (Å²) in [6.45, 7) is 11.0. The number of anilines is 1. The maximum absolute atomic E-state index is 11.4. The average Bonchev–Trinajstić information content (AvgIpc) is 3.20. The van der Waals surface area contributed by atoms with Crippen molar-refractivity contribution in [3.63, 3.8) is 0 Å². The van der Waals surface area contributed by atoms with Crippen LogP contribution < -0.4 is 19.5 Å². The minimum absolute atomic E-state index is 0.114. The molecule has 0 spiro atoms. The first-order valence-corrected chi connectivity index (χ1v) is 13.2. The normalized spacial score (nSPS) is 14.9. The maximum atomic E-state index is 11.4. The van der Waals surface area contributed by atoms with Gasteiger partial charge in [0.05, 0.1) is 29.5 Å². The number of fused-ring (bicyclic) bond motifs is 1. The summed E-state index contributed by atoms with van der Waals surface area (Å²) in [5, 5.41) is 4.48. The van der Waals surface area contributed by atoms with E-state index in [0.29, 0.717) is 11.8 Å². The van der Waals surface area contributed by atoms with Gasteiger partial charge in [0.15, 0.2) is 5.13 Å². The number of aromatic nitrogens is 1. The SMILES string of the molecule is COC(=O)Oc1ccc2sc(NC3CCN(Cc4cc(OC(C)C)cc(OC(C)C)c4)CC3)nc2c1. The molecule has 0 aliphatic carbocycles. The van der Waals surface area contributed by atoms with E-state index in [9.17, 15) is 4.79 Å². The van der Waals surface area contributed by atoms with Crippen LogP contribution in [-0.4, -0.2) is 54.5 Å². The third-order valence-corrected chi connectivity index (χ3v) is 6.70. The van der Waals surface area contributed by atoms with Gasteiger partial charge in [-0.2, -0.15) is 0 Å². The molecule has 9 heteroatoms. The van der Waals surface area contributed by atoms with E-state index in [1.54, 1.807) is 23.5 Å². The van der Waals surface area contributed by atoms with Crippen molar-refractivity contribution in [2.75, 3.05) is 25.5 Å². The number of carbonyl (C=O) groups excluding carboxylic acids is 1. The summed E-state index contributed by atoms with van der Waals surface area (Å²) in [6, 6.07) is 12.0. The molecular formula is C27H35N3O5S. The number of hydrogen-bond acceptors (Lipinski definition) is 9. The van der Waals surface area contributed by atoms with Gasteiger partial charge in [-0.3, -0.25) is 4.90 Å². The molecular weight excluding hydrogens is 478 g/mol. The molecule has 0 saturated carbocycles. The number of ether oxygens (including phenoxy) is 4. The third-order valence-electron chi connectivity index (χ3n) is 5.73. The standard InChI is InChI=1S/C27H35N3O5S/c1-17(2)33-22-12-19(13-23(14-22)34-18(3)4)16-30-10-8-20(9-11-30)28-26-29-24-15-21(35-27(31)32-5)6-7-25(24)36-26/h6-7,12-15,17-18,20H,8-11,16H2,1-5H3,(H,28,29). The summed E-state index contributed by atoms with van der Waals surface area (Å²) in [7, 11) is 1.29. The number of piperidine rings is 1. The molecule has 1 N–H and O–H groups in total. The number of likely N-dealkylation sites (tertiary alicyclic amines) is 1. The van der Waals surface area contributed by atoms with Crippen LogP contribution in [0.25, 0.3) is 10.2 Å². The van der Waals surface area contributed by atoms with E-state index in [1.807, 2.05) is 39.8 Å². The highest BCUT2D eigenvalue weighted by Crippen LogP contribution is 2.31. The zero-order valence-electron chi connectivity index (χ0n) is 21.6. The van der Waals surface area contributed by atoms with Crippen molar-refractivity contribution in [2.24, 2.45) is 0 Å². The van der Waals surface area contributed by atoms with Crippen LogP contribution in [0.2, 0.25) is 0 Å². The Bertz CT molecular complexity index is 1140. The largest absolute Gasteiger partial charge is 0.513 e. The minimum Gasteiger partial charge on any atom is -0.491 e. The number of thiazole rings is 1. The molecule has 1 aromatic heterocycles. The van der Waals surface area contributed by atoms with Crippen LogP contribution in [-0.2, 0) is 11.3 Å². The number of carbonyl (C=O) groups is 1. The van der Waals surface area contributed by atoms with Gasteiger partial charge in [-0.1, -0.05) is 11.3 Å². The Labute approximate surface area is 216 Å². The van der Waals surface area contributed by atoms with Crippen molar-refractivity contribution in [1.29, 1.82) is 0 Å². The first kappa shape index (κ1) is 26.0. The Morgan fingerprint density at radius 1 is 1.03 bits per heavy atom. The van der Waals surface area contributed by atoms with Crippen LogP contribution in [0.15, 0.2) is 36.4 Å². The third kappa shape index (κ3) is 7.24. The maximum Gasteiger partial charge on any atom is 0.513 e. The number of rotatable bonds is 9. The lowest BCUT2D eigenvalue weighted by Gasteiger charge is -2.32. The van der Waals surface area contributed by atoms with E-state index in [2.05, 4.69) is 32.1 Å². The van der Waals surface area contributed by atoms with Gasteiger partial charge < -0.3 is 24.3 Å². The van der Waals surface area contributed by atoms with Crippen molar-refractivity contribution < 1.29 is 23.7 Å². The topological polar surface area (TPSA) is 82.2 Å². The first-order chi connectivity index (χ1) is 17.3. The van der Waals surface area contributed by atoms with Gasteiger partial charge in [0, 0.05) is 37.8 Å². The fourth-order valence-corrected chi connectivity index (χ4v) is 5.16. The average molecular weight is 514 g/mol. The minimum atomic E-state index is -0.738. The summed E-state index contributed by atoms with van der Waals surface area (Å²) in [4.78, 5) is 18.5. The van der Waals surface area contributed by atoms with E-state index >= 15 is 0 Å². The quantitative estimate of drug-likeness (QED) is 0.272. The van der Waals surface area contributed by atoms with Gasteiger partial charge in [-0.25, -0.2) is 9.78 Å². The summed E-state index contributed by atoms with van der Waals surface area (Å²) in [5.74, 6) is 2.13. The highest BCUT2D eigenvalue weighted by atomic mass is 32.1. The molecule has 0 amide bonds. The number of benzene rings is 2. The van der Waals surface area contributed by atoms with E-state index in [1.165, 1.54) is 12.7 Å². The zero-order valence-corrected chi connectivity index (χ0v) is 22.4. The fourth-order valence-electron chi connectivity index (χ4n) is 4.24. The van der Waals surface area contributed by atoms with Crippen LogP contribution in [0.3, 0.4) is 0 Å². The molecule has 3 aromatic rings. The van der Waals surface area contributed by atoms with Gasteiger partial charge in [0.2, 0.25) is 0 Å². The molecule has 194 valence electrons. The second-order valence-electron chi connectivity index (χ2n) is 9.55. The molecule has 2 heterocycles. The van der Waals surface area contributed by atoms with E-state index in [0.717, 1.165) is 59.3 Å². The number of nitrogens with zero attached hydrogens (tertiary/aromatic N) is 2. The lowest BCUT2D eigenvalue weighted by molar-refractivity contribution is 0.121. The second-order valence-corrected chi connectivity index (χ2v) is 10.6. The molecule has 0 bridgehead atoms. The van der Waals surface area contributed by atoms with Crippen molar-refractivity contribution in [3.05, 3.63) is 42.0 Å². The Morgan fingerprint density at radius 3 is 2.31 bits per heavy atom. The summed E-state index contributed by atoms with van der Waals surface area (Å²) < 4.78 is 22.6. The molecule has 8 nitrogen and oxygen atoms in total. The van der Waals surface area contributed by atoms with Crippen LogP contribution in [0.4, 0.5) is 9.93 Å².